The maximum atomic E-state index is 13.1. The quantitative estimate of drug-likeness (QED) is 0.842. The van der Waals surface area contributed by atoms with Crippen LogP contribution in [0.1, 0.15) is 11.8 Å². The Morgan fingerprint density at radius 1 is 1.17 bits per heavy atom. The lowest BCUT2D eigenvalue weighted by Gasteiger charge is -2.26. The van der Waals surface area contributed by atoms with Crippen molar-refractivity contribution in [2.24, 2.45) is 0 Å². The van der Waals surface area contributed by atoms with Crippen molar-refractivity contribution in [3.05, 3.63) is 53.9 Å². The SMILES string of the molecule is Fc1ccc(C2CNc3ccc(F)cc3O2)nc1. The molecule has 0 spiro atoms. The van der Waals surface area contributed by atoms with Crippen molar-refractivity contribution in [3.63, 3.8) is 0 Å². The second-order valence-electron chi connectivity index (χ2n) is 4.03. The Morgan fingerprint density at radius 2 is 2.00 bits per heavy atom. The lowest BCUT2D eigenvalue weighted by molar-refractivity contribution is 0.204. The van der Waals surface area contributed by atoms with Gasteiger partial charge in [-0.25, -0.2) is 8.78 Å². The summed E-state index contributed by atoms with van der Waals surface area (Å²) < 4.78 is 31.5. The van der Waals surface area contributed by atoms with Gasteiger partial charge in [-0.05, 0) is 24.3 Å². The van der Waals surface area contributed by atoms with Gasteiger partial charge < -0.3 is 10.1 Å². The first-order valence-corrected chi connectivity index (χ1v) is 5.54. The van der Waals surface area contributed by atoms with Gasteiger partial charge in [-0.1, -0.05) is 0 Å². The second kappa shape index (κ2) is 4.25. The third kappa shape index (κ3) is 1.99. The molecule has 2 heterocycles. The van der Waals surface area contributed by atoms with E-state index in [-0.39, 0.29) is 11.9 Å². The summed E-state index contributed by atoms with van der Waals surface area (Å²) in [5.74, 6) is -0.311. The third-order valence-electron chi connectivity index (χ3n) is 2.77. The molecular formula is C13H10F2N2O. The molecule has 0 radical (unpaired) electrons. The Bertz CT molecular complexity index is 572. The smallest absolute Gasteiger partial charge is 0.158 e. The number of fused-ring (bicyclic) bond motifs is 1. The average molecular weight is 248 g/mol. The first-order chi connectivity index (χ1) is 8.72. The summed E-state index contributed by atoms with van der Waals surface area (Å²) in [6.07, 6.45) is 0.791. The van der Waals surface area contributed by atoms with Gasteiger partial charge in [-0.15, -0.1) is 0 Å². The van der Waals surface area contributed by atoms with Crippen molar-refractivity contribution in [1.29, 1.82) is 0 Å². The molecule has 0 fully saturated rings. The Kier molecular flexibility index (Phi) is 2.59. The molecule has 3 nitrogen and oxygen atoms in total. The van der Waals surface area contributed by atoms with Crippen LogP contribution in [0.25, 0.3) is 0 Å². The maximum absolute atomic E-state index is 13.1. The lowest BCUT2D eigenvalue weighted by atomic mass is 10.1. The number of halogens is 2. The van der Waals surface area contributed by atoms with Crippen LogP contribution in [0, 0.1) is 11.6 Å². The molecule has 1 aromatic heterocycles. The van der Waals surface area contributed by atoms with E-state index < -0.39 is 5.82 Å². The molecule has 1 aliphatic heterocycles. The van der Waals surface area contributed by atoms with E-state index in [1.54, 1.807) is 12.1 Å². The Labute approximate surface area is 102 Å². The first kappa shape index (κ1) is 11.0. The molecule has 0 aliphatic carbocycles. The summed E-state index contributed by atoms with van der Waals surface area (Å²) in [6, 6.07) is 7.20. The Morgan fingerprint density at radius 3 is 2.78 bits per heavy atom. The fourth-order valence-electron chi connectivity index (χ4n) is 1.88. The molecule has 3 rings (SSSR count). The van der Waals surface area contributed by atoms with Crippen molar-refractivity contribution in [2.75, 3.05) is 11.9 Å². The highest BCUT2D eigenvalue weighted by Crippen LogP contribution is 2.33. The predicted octanol–water partition coefficient (Wildman–Crippen LogP) is 2.91. The molecule has 1 N–H and O–H groups in total. The zero-order valence-corrected chi connectivity index (χ0v) is 9.36. The van der Waals surface area contributed by atoms with Gasteiger partial charge in [-0.3, -0.25) is 4.98 Å². The van der Waals surface area contributed by atoms with Crippen molar-refractivity contribution in [2.45, 2.75) is 6.10 Å². The summed E-state index contributed by atoms with van der Waals surface area (Å²) in [5.41, 5.74) is 1.36. The average Bonchev–Trinajstić information content (AvgIpc) is 2.38. The van der Waals surface area contributed by atoms with Gasteiger partial charge in [0, 0.05) is 6.07 Å². The minimum Gasteiger partial charge on any atom is -0.480 e. The number of nitrogens with one attached hydrogen (secondary N) is 1. The summed E-state index contributed by atoms with van der Waals surface area (Å²) in [4.78, 5) is 3.96. The zero-order valence-electron chi connectivity index (χ0n) is 9.36. The van der Waals surface area contributed by atoms with E-state index in [1.807, 2.05) is 0 Å². The van der Waals surface area contributed by atoms with E-state index in [0.29, 0.717) is 18.0 Å². The van der Waals surface area contributed by atoms with Crippen LogP contribution in [0.3, 0.4) is 0 Å². The molecule has 0 saturated heterocycles. The largest absolute Gasteiger partial charge is 0.480 e. The van der Waals surface area contributed by atoms with Crippen LogP contribution in [-0.4, -0.2) is 11.5 Å². The number of hydrogen-bond donors (Lipinski definition) is 1. The highest BCUT2D eigenvalue weighted by molar-refractivity contribution is 5.58. The van der Waals surface area contributed by atoms with Crippen LogP contribution in [0.2, 0.25) is 0 Å². The predicted molar refractivity (Wildman–Crippen MR) is 62.5 cm³/mol. The third-order valence-corrected chi connectivity index (χ3v) is 2.77. The highest BCUT2D eigenvalue weighted by atomic mass is 19.1. The molecule has 0 amide bonds. The van der Waals surface area contributed by atoms with E-state index in [9.17, 15) is 8.78 Å². The number of anilines is 1. The van der Waals surface area contributed by atoms with E-state index in [0.717, 1.165) is 11.9 Å². The minimum absolute atomic E-state index is 0.347. The van der Waals surface area contributed by atoms with E-state index in [1.165, 1.54) is 18.2 Å². The van der Waals surface area contributed by atoms with Crippen molar-refractivity contribution < 1.29 is 13.5 Å². The second-order valence-corrected chi connectivity index (χ2v) is 4.03. The minimum atomic E-state index is -0.394. The van der Waals surface area contributed by atoms with Gasteiger partial charge in [0.1, 0.15) is 17.4 Å². The number of rotatable bonds is 1. The standard InChI is InChI=1S/C13H10F2N2O/c14-8-1-3-10-12(5-8)18-13(7-17-10)11-4-2-9(15)6-16-11/h1-6,13,17H,7H2. The van der Waals surface area contributed by atoms with Crippen LogP contribution in [0.4, 0.5) is 14.5 Å². The van der Waals surface area contributed by atoms with Gasteiger partial charge in [0.2, 0.25) is 0 Å². The summed E-state index contributed by atoms with van der Waals surface area (Å²) in [7, 11) is 0. The number of hydrogen-bond acceptors (Lipinski definition) is 3. The van der Waals surface area contributed by atoms with Crippen molar-refractivity contribution >= 4 is 5.69 Å². The number of nitrogens with zero attached hydrogens (tertiary/aromatic N) is 1. The van der Waals surface area contributed by atoms with E-state index in [2.05, 4.69) is 10.3 Å². The lowest BCUT2D eigenvalue weighted by Crippen LogP contribution is -2.24. The van der Waals surface area contributed by atoms with Gasteiger partial charge in [0.05, 0.1) is 24.1 Å². The fourth-order valence-corrected chi connectivity index (χ4v) is 1.88. The summed E-state index contributed by atoms with van der Waals surface area (Å²) >= 11 is 0. The highest BCUT2D eigenvalue weighted by Gasteiger charge is 2.22. The molecule has 1 unspecified atom stereocenters. The topological polar surface area (TPSA) is 34.1 Å². The van der Waals surface area contributed by atoms with Crippen LogP contribution in [0.5, 0.6) is 5.75 Å². The van der Waals surface area contributed by atoms with Gasteiger partial charge in [0.25, 0.3) is 0 Å². The number of aromatic nitrogens is 1. The maximum Gasteiger partial charge on any atom is 0.158 e. The molecule has 92 valence electrons. The van der Waals surface area contributed by atoms with Gasteiger partial charge in [0.15, 0.2) is 6.10 Å². The van der Waals surface area contributed by atoms with Gasteiger partial charge >= 0.3 is 0 Å². The fraction of sp³-hybridized carbons (Fsp3) is 0.154. The van der Waals surface area contributed by atoms with E-state index in [4.69, 9.17) is 4.74 Å². The molecule has 5 heteroatoms. The molecule has 1 aliphatic rings. The van der Waals surface area contributed by atoms with Crippen LogP contribution in [-0.2, 0) is 0 Å². The van der Waals surface area contributed by atoms with Crippen LogP contribution in [0.15, 0.2) is 36.5 Å². The van der Waals surface area contributed by atoms with Crippen molar-refractivity contribution in [1.82, 2.24) is 4.98 Å². The van der Waals surface area contributed by atoms with Crippen molar-refractivity contribution in [3.8, 4) is 5.75 Å². The van der Waals surface area contributed by atoms with E-state index >= 15 is 0 Å². The molecular weight excluding hydrogens is 238 g/mol. The monoisotopic (exact) mass is 248 g/mol. The van der Waals surface area contributed by atoms with Crippen LogP contribution < -0.4 is 10.1 Å². The summed E-state index contributed by atoms with van der Waals surface area (Å²) in [5, 5.41) is 3.13. The molecule has 0 bridgehead atoms. The normalized spacial score (nSPS) is 17.6. The summed E-state index contributed by atoms with van der Waals surface area (Å²) in [6.45, 7) is 0.511. The Hall–Kier alpha value is -2.17. The van der Waals surface area contributed by atoms with Crippen LogP contribution >= 0.6 is 0 Å². The Balaban J connectivity index is 1.88. The van der Waals surface area contributed by atoms with Gasteiger partial charge in [-0.2, -0.15) is 0 Å². The number of benzene rings is 1. The molecule has 18 heavy (non-hydrogen) atoms. The molecule has 2 aromatic rings. The zero-order chi connectivity index (χ0) is 12.5. The molecule has 0 saturated carbocycles. The molecule has 1 aromatic carbocycles. The number of pyridine rings is 1. The first-order valence-electron chi connectivity index (χ1n) is 5.54. The molecule has 1 atom stereocenters. The number of ether oxygens (including phenoxy) is 1.